The molecular formula is C18H25NO. The summed E-state index contributed by atoms with van der Waals surface area (Å²) in [5, 5.41) is 3.96. The number of nitrogens with one attached hydrogen (secondary N) is 1. The molecule has 0 spiro atoms. The zero-order valence-electron chi connectivity index (χ0n) is 12.2. The van der Waals surface area contributed by atoms with Crippen LogP contribution >= 0.6 is 0 Å². The molecule has 0 radical (unpaired) electrons. The molecule has 20 heavy (non-hydrogen) atoms. The van der Waals surface area contributed by atoms with Crippen LogP contribution in [0.4, 0.5) is 0 Å². The summed E-state index contributed by atoms with van der Waals surface area (Å²) in [5.74, 6) is 5.05. The van der Waals surface area contributed by atoms with Crippen molar-refractivity contribution >= 4 is 0 Å². The van der Waals surface area contributed by atoms with E-state index in [0.29, 0.717) is 5.54 Å². The predicted molar refractivity (Wildman–Crippen MR) is 78.4 cm³/mol. The van der Waals surface area contributed by atoms with Gasteiger partial charge in [-0.1, -0.05) is 0 Å². The first-order valence-electron chi connectivity index (χ1n) is 8.60. The third-order valence-corrected chi connectivity index (χ3v) is 6.36. The van der Waals surface area contributed by atoms with E-state index in [9.17, 15) is 0 Å². The highest BCUT2D eigenvalue weighted by molar-refractivity contribution is 5.20. The Balaban J connectivity index is 1.28. The van der Waals surface area contributed by atoms with E-state index in [1.54, 1.807) is 0 Å². The Labute approximate surface area is 121 Å². The summed E-state index contributed by atoms with van der Waals surface area (Å²) < 4.78 is 5.72. The van der Waals surface area contributed by atoms with Gasteiger partial charge in [0.2, 0.25) is 0 Å². The Kier molecular flexibility index (Phi) is 2.45. The molecule has 1 N–H and O–H groups in total. The fourth-order valence-electron chi connectivity index (χ4n) is 5.69. The maximum Gasteiger partial charge on any atom is 0.107 e. The summed E-state index contributed by atoms with van der Waals surface area (Å²) in [6.45, 7) is 1.02. The van der Waals surface area contributed by atoms with Gasteiger partial charge in [-0.25, -0.2) is 0 Å². The van der Waals surface area contributed by atoms with Crippen LogP contribution in [0.3, 0.4) is 0 Å². The van der Waals surface area contributed by atoms with Gasteiger partial charge < -0.3 is 9.73 Å². The Morgan fingerprint density at radius 2 is 1.70 bits per heavy atom. The monoisotopic (exact) mass is 271 g/mol. The van der Waals surface area contributed by atoms with Crippen LogP contribution in [0.25, 0.3) is 0 Å². The van der Waals surface area contributed by atoms with Crippen molar-refractivity contribution in [1.82, 2.24) is 5.32 Å². The van der Waals surface area contributed by atoms with Gasteiger partial charge in [0.25, 0.3) is 0 Å². The van der Waals surface area contributed by atoms with Gasteiger partial charge in [-0.3, -0.25) is 0 Å². The van der Waals surface area contributed by atoms with Gasteiger partial charge in [0.15, 0.2) is 0 Å². The van der Waals surface area contributed by atoms with Crippen LogP contribution < -0.4 is 5.32 Å². The number of furan rings is 1. The second-order valence-electron chi connectivity index (χ2n) is 8.18. The van der Waals surface area contributed by atoms with Crippen molar-refractivity contribution in [3.63, 3.8) is 0 Å². The van der Waals surface area contributed by atoms with Gasteiger partial charge in [-0.05, 0) is 75.2 Å². The van der Waals surface area contributed by atoms with E-state index >= 15 is 0 Å². The first kappa shape index (κ1) is 11.9. The van der Waals surface area contributed by atoms with E-state index in [2.05, 4.69) is 11.4 Å². The quantitative estimate of drug-likeness (QED) is 0.887. The maximum absolute atomic E-state index is 5.72. The summed E-state index contributed by atoms with van der Waals surface area (Å²) in [6, 6.07) is 2.30. The minimum atomic E-state index is 0.478. The lowest BCUT2D eigenvalue weighted by molar-refractivity contribution is -0.0206. The lowest BCUT2D eigenvalue weighted by Crippen LogP contribution is -2.58. The van der Waals surface area contributed by atoms with Crippen LogP contribution in [-0.4, -0.2) is 5.54 Å². The molecule has 5 saturated carbocycles. The molecule has 0 saturated heterocycles. The van der Waals surface area contributed by atoms with Crippen molar-refractivity contribution in [3.05, 3.63) is 23.7 Å². The zero-order chi connectivity index (χ0) is 13.2. The molecule has 0 aromatic carbocycles. The first-order chi connectivity index (χ1) is 9.78. The SMILES string of the molecule is c1oc(C2CC2)cc1CNC12CC3CC(CC(C3)C1)C2. The van der Waals surface area contributed by atoms with Gasteiger partial charge in [-0.2, -0.15) is 0 Å². The maximum atomic E-state index is 5.72. The van der Waals surface area contributed by atoms with Gasteiger partial charge in [0, 0.05) is 23.6 Å². The molecule has 0 aliphatic heterocycles. The van der Waals surface area contributed by atoms with Crippen molar-refractivity contribution in [2.75, 3.05) is 0 Å². The summed E-state index contributed by atoms with van der Waals surface area (Å²) >= 11 is 0. The van der Waals surface area contributed by atoms with E-state index < -0.39 is 0 Å². The van der Waals surface area contributed by atoms with Crippen LogP contribution in [0.2, 0.25) is 0 Å². The largest absolute Gasteiger partial charge is 0.469 e. The second kappa shape index (κ2) is 4.13. The topological polar surface area (TPSA) is 25.2 Å². The molecule has 5 fully saturated rings. The Morgan fingerprint density at radius 1 is 1.05 bits per heavy atom. The molecule has 5 aliphatic carbocycles. The molecule has 2 heteroatoms. The molecule has 1 heterocycles. The zero-order valence-corrected chi connectivity index (χ0v) is 12.2. The minimum absolute atomic E-state index is 0.478. The highest BCUT2D eigenvalue weighted by atomic mass is 16.3. The van der Waals surface area contributed by atoms with Crippen LogP contribution in [-0.2, 0) is 6.54 Å². The lowest BCUT2D eigenvalue weighted by Gasteiger charge is -2.57. The number of hydrogen-bond acceptors (Lipinski definition) is 2. The van der Waals surface area contributed by atoms with Crippen molar-refractivity contribution in [3.8, 4) is 0 Å². The average molecular weight is 271 g/mol. The number of rotatable bonds is 4. The smallest absolute Gasteiger partial charge is 0.107 e. The highest BCUT2D eigenvalue weighted by Crippen LogP contribution is 2.55. The Bertz CT molecular complexity index is 478. The van der Waals surface area contributed by atoms with E-state index in [4.69, 9.17) is 4.42 Å². The summed E-state index contributed by atoms with van der Waals surface area (Å²) in [6.07, 6.45) is 13.5. The summed E-state index contributed by atoms with van der Waals surface area (Å²) in [7, 11) is 0. The van der Waals surface area contributed by atoms with Crippen LogP contribution in [0, 0.1) is 17.8 Å². The minimum Gasteiger partial charge on any atom is -0.469 e. The Hall–Kier alpha value is -0.760. The van der Waals surface area contributed by atoms with Gasteiger partial charge in [0.1, 0.15) is 5.76 Å². The van der Waals surface area contributed by atoms with E-state index in [0.717, 1.165) is 30.2 Å². The molecule has 5 aliphatic rings. The molecular weight excluding hydrogens is 246 g/mol. The van der Waals surface area contributed by atoms with E-state index in [1.807, 2.05) is 6.26 Å². The first-order valence-corrected chi connectivity index (χ1v) is 8.60. The van der Waals surface area contributed by atoms with Crippen molar-refractivity contribution < 1.29 is 4.42 Å². The summed E-state index contributed by atoms with van der Waals surface area (Å²) in [4.78, 5) is 0. The van der Waals surface area contributed by atoms with Crippen molar-refractivity contribution in [2.45, 2.75) is 69.4 Å². The number of hydrogen-bond donors (Lipinski definition) is 1. The Morgan fingerprint density at radius 3 is 2.30 bits per heavy atom. The molecule has 0 amide bonds. The van der Waals surface area contributed by atoms with Gasteiger partial charge in [-0.15, -0.1) is 0 Å². The molecule has 0 atom stereocenters. The van der Waals surface area contributed by atoms with Crippen LogP contribution in [0.5, 0.6) is 0 Å². The predicted octanol–water partition coefficient (Wildman–Crippen LogP) is 4.22. The molecule has 1 aromatic rings. The third kappa shape index (κ3) is 1.95. The fraction of sp³-hybridized carbons (Fsp3) is 0.778. The van der Waals surface area contributed by atoms with Gasteiger partial charge >= 0.3 is 0 Å². The average Bonchev–Trinajstić information content (AvgIpc) is 3.14. The molecule has 1 aromatic heterocycles. The second-order valence-corrected chi connectivity index (χ2v) is 8.18. The molecule has 2 nitrogen and oxygen atoms in total. The fourth-order valence-corrected chi connectivity index (χ4v) is 5.69. The standard InChI is InChI=1S/C18H25NO/c1-2-16(1)17-6-15(11-20-17)10-19-18-7-12-3-13(8-18)5-14(4-12)9-18/h6,11-14,16,19H,1-5,7-10H2. The van der Waals surface area contributed by atoms with E-state index in [-0.39, 0.29) is 0 Å². The molecule has 0 unspecified atom stereocenters. The van der Waals surface area contributed by atoms with Gasteiger partial charge in [0.05, 0.1) is 6.26 Å². The third-order valence-electron chi connectivity index (χ3n) is 6.36. The molecule has 4 bridgehead atoms. The van der Waals surface area contributed by atoms with Crippen molar-refractivity contribution in [1.29, 1.82) is 0 Å². The van der Waals surface area contributed by atoms with Crippen LogP contribution in [0.1, 0.15) is 68.6 Å². The molecule has 6 rings (SSSR count). The molecule has 108 valence electrons. The highest BCUT2D eigenvalue weighted by Gasteiger charge is 2.50. The summed E-state index contributed by atoms with van der Waals surface area (Å²) in [5.41, 5.74) is 1.84. The lowest BCUT2D eigenvalue weighted by atomic mass is 9.53. The van der Waals surface area contributed by atoms with Crippen LogP contribution in [0.15, 0.2) is 16.7 Å². The van der Waals surface area contributed by atoms with Crippen molar-refractivity contribution in [2.24, 2.45) is 17.8 Å². The normalized spacial score (nSPS) is 42.3. The van der Waals surface area contributed by atoms with E-state index in [1.165, 1.54) is 62.7 Å².